The van der Waals surface area contributed by atoms with Crippen molar-refractivity contribution >= 4 is 28.7 Å². The minimum Gasteiger partial charge on any atom is -0.378 e. The number of hydrogen-bond donors (Lipinski definition) is 2. The highest BCUT2D eigenvalue weighted by Gasteiger charge is 1.99. The molecule has 4 heteroatoms. The van der Waals surface area contributed by atoms with Crippen LogP contribution < -0.4 is 15.5 Å². The molecule has 0 spiro atoms. The number of benzene rings is 1. The molecule has 2 N–H and O–H groups in total. The molecule has 0 aliphatic rings. The summed E-state index contributed by atoms with van der Waals surface area (Å²) >= 11 is 5.17. The first-order valence-corrected chi connectivity index (χ1v) is 5.86. The van der Waals surface area contributed by atoms with Crippen LogP contribution in [0.5, 0.6) is 0 Å². The van der Waals surface area contributed by atoms with E-state index >= 15 is 0 Å². The van der Waals surface area contributed by atoms with Crippen LogP contribution in [0.25, 0.3) is 0 Å². The summed E-state index contributed by atoms with van der Waals surface area (Å²) in [5.41, 5.74) is 2.17. The molecule has 1 aromatic carbocycles. The Labute approximate surface area is 103 Å². The lowest BCUT2D eigenvalue weighted by molar-refractivity contribution is 0.846. The Bertz CT molecular complexity index is 350. The van der Waals surface area contributed by atoms with E-state index in [-0.39, 0.29) is 0 Å². The summed E-state index contributed by atoms with van der Waals surface area (Å²) in [4.78, 5) is 2.06. The zero-order valence-electron chi connectivity index (χ0n) is 10.1. The molecule has 0 radical (unpaired) electrons. The molecule has 3 nitrogen and oxygen atoms in total. The largest absolute Gasteiger partial charge is 0.378 e. The average Bonchev–Trinajstić information content (AvgIpc) is 2.26. The van der Waals surface area contributed by atoms with Crippen LogP contribution in [-0.2, 0) is 0 Å². The SMILES string of the molecule is CCCNC(=S)Nc1cccc(N(C)C)c1. The lowest BCUT2D eigenvalue weighted by atomic mass is 10.2. The molecule has 0 aliphatic heterocycles. The fourth-order valence-electron chi connectivity index (χ4n) is 1.28. The number of anilines is 2. The Morgan fingerprint density at radius 3 is 2.75 bits per heavy atom. The highest BCUT2D eigenvalue weighted by molar-refractivity contribution is 7.80. The molecule has 88 valence electrons. The van der Waals surface area contributed by atoms with Gasteiger partial charge in [-0.1, -0.05) is 13.0 Å². The predicted molar refractivity (Wildman–Crippen MR) is 75.3 cm³/mol. The van der Waals surface area contributed by atoms with Crippen molar-refractivity contribution in [3.05, 3.63) is 24.3 Å². The maximum Gasteiger partial charge on any atom is 0.170 e. The summed E-state index contributed by atoms with van der Waals surface area (Å²) in [6.45, 7) is 3.02. The molecule has 0 bridgehead atoms. The van der Waals surface area contributed by atoms with E-state index in [0.717, 1.165) is 24.3 Å². The van der Waals surface area contributed by atoms with Crippen LogP contribution in [0, 0.1) is 0 Å². The molecule has 0 saturated carbocycles. The van der Waals surface area contributed by atoms with Gasteiger partial charge in [-0.15, -0.1) is 0 Å². The molecule has 16 heavy (non-hydrogen) atoms. The summed E-state index contributed by atoms with van der Waals surface area (Å²) in [6, 6.07) is 8.15. The van der Waals surface area contributed by atoms with Gasteiger partial charge in [0.05, 0.1) is 0 Å². The van der Waals surface area contributed by atoms with Gasteiger partial charge in [-0.2, -0.15) is 0 Å². The maximum atomic E-state index is 5.17. The van der Waals surface area contributed by atoms with Gasteiger partial charge in [0.2, 0.25) is 0 Å². The van der Waals surface area contributed by atoms with E-state index in [1.165, 1.54) is 0 Å². The third-order valence-corrected chi connectivity index (χ3v) is 2.40. The first kappa shape index (κ1) is 12.8. The van der Waals surface area contributed by atoms with E-state index in [9.17, 15) is 0 Å². The Kier molecular flexibility index (Phi) is 5.05. The highest BCUT2D eigenvalue weighted by atomic mass is 32.1. The van der Waals surface area contributed by atoms with Gasteiger partial charge in [-0.25, -0.2) is 0 Å². The second-order valence-corrected chi connectivity index (χ2v) is 4.23. The van der Waals surface area contributed by atoms with Crippen LogP contribution in [0.15, 0.2) is 24.3 Å². The summed E-state index contributed by atoms with van der Waals surface area (Å²) in [5, 5.41) is 6.98. The third kappa shape index (κ3) is 4.06. The number of nitrogens with zero attached hydrogens (tertiary/aromatic N) is 1. The van der Waals surface area contributed by atoms with Gasteiger partial charge in [-0.3, -0.25) is 0 Å². The van der Waals surface area contributed by atoms with Crippen LogP contribution in [0.2, 0.25) is 0 Å². The first-order valence-electron chi connectivity index (χ1n) is 5.45. The Morgan fingerprint density at radius 1 is 1.38 bits per heavy atom. The van der Waals surface area contributed by atoms with Crippen molar-refractivity contribution in [3.63, 3.8) is 0 Å². The van der Waals surface area contributed by atoms with E-state index < -0.39 is 0 Å². The molecule has 1 aromatic rings. The van der Waals surface area contributed by atoms with Crippen molar-refractivity contribution in [2.45, 2.75) is 13.3 Å². The molecule has 0 atom stereocenters. The van der Waals surface area contributed by atoms with E-state index in [1.807, 2.05) is 26.2 Å². The van der Waals surface area contributed by atoms with Gasteiger partial charge in [0, 0.05) is 32.0 Å². The normalized spacial score (nSPS) is 9.69. The molecule has 0 unspecified atom stereocenters. The van der Waals surface area contributed by atoms with Crippen LogP contribution in [0.3, 0.4) is 0 Å². The molecule has 0 aromatic heterocycles. The predicted octanol–water partition coefficient (Wildman–Crippen LogP) is 2.45. The third-order valence-electron chi connectivity index (χ3n) is 2.16. The number of thiocarbonyl (C=S) groups is 1. The van der Waals surface area contributed by atoms with Gasteiger partial charge in [0.15, 0.2) is 5.11 Å². The second-order valence-electron chi connectivity index (χ2n) is 3.83. The summed E-state index contributed by atoms with van der Waals surface area (Å²) in [6.07, 6.45) is 1.07. The average molecular weight is 237 g/mol. The van der Waals surface area contributed by atoms with Crippen LogP contribution >= 0.6 is 12.2 Å². The van der Waals surface area contributed by atoms with Crippen molar-refractivity contribution in [1.82, 2.24) is 5.32 Å². The number of nitrogens with one attached hydrogen (secondary N) is 2. The standard InChI is InChI=1S/C12H19N3S/c1-4-8-13-12(16)14-10-6-5-7-11(9-10)15(2)3/h5-7,9H,4,8H2,1-3H3,(H2,13,14,16). The minimum absolute atomic E-state index is 0.678. The van der Waals surface area contributed by atoms with Crippen LogP contribution in [-0.4, -0.2) is 25.8 Å². The zero-order valence-corrected chi connectivity index (χ0v) is 10.9. The van der Waals surface area contributed by atoms with E-state index in [1.54, 1.807) is 0 Å². The topological polar surface area (TPSA) is 27.3 Å². The van der Waals surface area contributed by atoms with Gasteiger partial charge in [-0.05, 0) is 36.8 Å². The lowest BCUT2D eigenvalue weighted by Crippen LogP contribution is -2.28. The second kappa shape index (κ2) is 6.33. The Morgan fingerprint density at radius 2 is 2.12 bits per heavy atom. The van der Waals surface area contributed by atoms with Gasteiger partial charge in [0.25, 0.3) is 0 Å². The van der Waals surface area contributed by atoms with E-state index in [0.29, 0.717) is 5.11 Å². The lowest BCUT2D eigenvalue weighted by Gasteiger charge is -2.15. The Hall–Kier alpha value is -1.29. The molecule has 0 heterocycles. The first-order chi connectivity index (χ1) is 7.63. The summed E-state index contributed by atoms with van der Waals surface area (Å²) in [7, 11) is 4.04. The fourth-order valence-corrected chi connectivity index (χ4v) is 1.50. The fraction of sp³-hybridized carbons (Fsp3) is 0.417. The number of rotatable bonds is 4. The maximum absolute atomic E-state index is 5.17. The monoisotopic (exact) mass is 237 g/mol. The van der Waals surface area contributed by atoms with E-state index in [2.05, 4.69) is 34.6 Å². The van der Waals surface area contributed by atoms with Gasteiger partial charge in [0.1, 0.15) is 0 Å². The van der Waals surface area contributed by atoms with Crippen LogP contribution in [0.1, 0.15) is 13.3 Å². The minimum atomic E-state index is 0.678. The molecule has 0 saturated heterocycles. The van der Waals surface area contributed by atoms with Gasteiger partial charge >= 0.3 is 0 Å². The highest BCUT2D eigenvalue weighted by Crippen LogP contribution is 2.16. The van der Waals surface area contributed by atoms with Crippen molar-refractivity contribution < 1.29 is 0 Å². The molecule has 1 rings (SSSR count). The zero-order chi connectivity index (χ0) is 12.0. The smallest absolute Gasteiger partial charge is 0.170 e. The molecule has 0 fully saturated rings. The quantitative estimate of drug-likeness (QED) is 0.787. The van der Waals surface area contributed by atoms with Gasteiger partial charge < -0.3 is 15.5 Å². The molecule has 0 amide bonds. The molecular weight excluding hydrogens is 218 g/mol. The summed E-state index contributed by atoms with van der Waals surface area (Å²) in [5.74, 6) is 0. The Balaban J connectivity index is 2.59. The molecule has 0 aliphatic carbocycles. The summed E-state index contributed by atoms with van der Waals surface area (Å²) < 4.78 is 0. The number of hydrogen-bond acceptors (Lipinski definition) is 2. The van der Waals surface area contributed by atoms with Crippen molar-refractivity contribution in [2.75, 3.05) is 30.9 Å². The van der Waals surface area contributed by atoms with Crippen molar-refractivity contribution in [1.29, 1.82) is 0 Å². The van der Waals surface area contributed by atoms with Crippen molar-refractivity contribution in [3.8, 4) is 0 Å². The van der Waals surface area contributed by atoms with Crippen molar-refractivity contribution in [2.24, 2.45) is 0 Å². The van der Waals surface area contributed by atoms with Crippen LogP contribution in [0.4, 0.5) is 11.4 Å². The molecular formula is C12H19N3S. The van der Waals surface area contributed by atoms with E-state index in [4.69, 9.17) is 12.2 Å².